The molecule has 2 aromatic rings. The fraction of sp³-hybridized carbons (Fsp3) is 0.600. The van der Waals surface area contributed by atoms with Crippen molar-refractivity contribution in [2.75, 3.05) is 23.9 Å². The number of pyridine rings is 1. The number of carbonyl (C=O) groups excluding carboxylic acids is 1. The molecule has 0 saturated heterocycles. The Kier molecular flexibility index (Phi) is 8.91. The van der Waals surface area contributed by atoms with Gasteiger partial charge in [0, 0.05) is 13.5 Å². The Balaban J connectivity index is 0.00000204. The SMILES string of the molecule is C.C.Cc1nc(CC2CC(COc3ccc(C(F)F)nc3)C2)nc2c1NC(=O)[C@H](C(C)C)N2C. The van der Waals surface area contributed by atoms with Crippen LogP contribution in [-0.2, 0) is 11.2 Å². The maximum Gasteiger partial charge on any atom is 0.280 e. The maximum atomic E-state index is 12.6. The van der Waals surface area contributed by atoms with Crippen LogP contribution in [0.4, 0.5) is 20.3 Å². The Hall–Kier alpha value is -2.84. The van der Waals surface area contributed by atoms with Gasteiger partial charge in [0.15, 0.2) is 5.82 Å². The number of hydrogen-bond donors (Lipinski definition) is 1. The number of anilines is 2. The highest BCUT2D eigenvalue weighted by Crippen LogP contribution is 2.38. The van der Waals surface area contributed by atoms with Crippen molar-refractivity contribution in [1.82, 2.24) is 15.0 Å². The average molecular weight is 478 g/mol. The summed E-state index contributed by atoms with van der Waals surface area (Å²) in [7, 11) is 1.91. The van der Waals surface area contributed by atoms with Crippen LogP contribution in [0, 0.1) is 24.7 Å². The minimum absolute atomic E-state index is 0. The van der Waals surface area contributed by atoms with Crippen molar-refractivity contribution in [2.45, 2.75) is 67.4 Å². The summed E-state index contributed by atoms with van der Waals surface area (Å²) in [5, 5.41) is 2.98. The standard InChI is InChI=1S/C23H29F2N5O2.2CH4/c1-12(2)20-23(31)29-19-13(3)27-18(28-22(19)30(20)4)9-14-7-15(8-14)11-32-16-5-6-17(21(24)25)26-10-16;;/h5-6,10,12,14-15,20-21H,7-9,11H2,1-4H3,(H,29,31);2*1H4/t14?,15?,20-;;/m0../s1. The van der Waals surface area contributed by atoms with Crippen LogP contribution in [0.5, 0.6) is 5.75 Å². The molecule has 34 heavy (non-hydrogen) atoms. The number of alkyl halides is 2. The van der Waals surface area contributed by atoms with Gasteiger partial charge in [-0.25, -0.2) is 18.7 Å². The lowest BCUT2D eigenvalue weighted by molar-refractivity contribution is -0.118. The second-order valence-corrected chi connectivity index (χ2v) is 9.15. The Morgan fingerprint density at radius 1 is 1.18 bits per heavy atom. The van der Waals surface area contributed by atoms with Gasteiger partial charge in [0.2, 0.25) is 5.91 Å². The van der Waals surface area contributed by atoms with E-state index in [4.69, 9.17) is 9.72 Å². The number of nitrogens with zero attached hydrogens (tertiary/aromatic N) is 4. The van der Waals surface area contributed by atoms with Crippen molar-refractivity contribution in [3.63, 3.8) is 0 Å². The third kappa shape index (κ3) is 5.62. The second-order valence-electron chi connectivity index (χ2n) is 9.15. The lowest BCUT2D eigenvalue weighted by Crippen LogP contribution is -2.49. The van der Waals surface area contributed by atoms with E-state index in [2.05, 4.69) is 15.3 Å². The minimum atomic E-state index is -2.57. The molecule has 3 heterocycles. The number of halogens is 2. The van der Waals surface area contributed by atoms with Gasteiger partial charge in [-0.05, 0) is 49.7 Å². The number of nitrogens with one attached hydrogen (secondary N) is 1. The third-order valence-electron chi connectivity index (χ3n) is 6.29. The number of ether oxygens (including phenoxy) is 1. The molecule has 1 fully saturated rings. The molecule has 1 aliphatic carbocycles. The quantitative estimate of drug-likeness (QED) is 0.571. The molecule has 1 N–H and O–H groups in total. The van der Waals surface area contributed by atoms with Crippen LogP contribution < -0.4 is 15.0 Å². The summed E-state index contributed by atoms with van der Waals surface area (Å²) in [5.41, 5.74) is 1.24. The van der Waals surface area contributed by atoms with Crippen LogP contribution in [-0.4, -0.2) is 40.6 Å². The van der Waals surface area contributed by atoms with Gasteiger partial charge in [0.1, 0.15) is 29.0 Å². The highest BCUT2D eigenvalue weighted by Gasteiger charge is 2.36. The summed E-state index contributed by atoms with van der Waals surface area (Å²) in [6.07, 6.45) is 1.56. The Morgan fingerprint density at radius 2 is 1.88 bits per heavy atom. The van der Waals surface area contributed by atoms with Crippen molar-refractivity contribution in [3.8, 4) is 5.75 Å². The van der Waals surface area contributed by atoms with Crippen LogP contribution in [0.15, 0.2) is 18.3 Å². The average Bonchev–Trinajstić information content (AvgIpc) is 2.70. The lowest BCUT2D eigenvalue weighted by atomic mass is 9.73. The summed E-state index contributed by atoms with van der Waals surface area (Å²) in [6.45, 7) is 6.50. The van der Waals surface area contributed by atoms with Gasteiger partial charge >= 0.3 is 0 Å². The van der Waals surface area contributed by atoms with E-state index < -0.39 is 6.43 Å². The highest BCUT2D eigenvalue weighted by atomic mass is 19.3. The molecule has 0 radical (unpaired) electrons. The summed E-state index contributed by atoms with van der Waals surface area (Å²) in [5.74, 6) is 3.13. The predicted octanol–water partition coefficient (Wildman–Crippen LogP) is 5.45. The first-order chi connectivity index (χ1) is 15.2. The Labute approximate surface area is 201 Å². The first-order valence-corrected chi connectivity index (χ1v) is 11.0. The number of hydrogen-bond acceptors (Lipinski definition) is 6. The van der Waals surface area contributed by atoms with E-state index in [-0.39, 0.29) is 38.4 Å². The Morgan fingerprint density at radius 3 is 2.47 bits per heavy atom. The molecule has 9 heteroatoms. The number of fused-ring (bicyclic) bond motifs is 1. The third-order valence-corrected chi connectivity index (χ3v) is 6.29. The first kappa shape index (κ1) is 27.4. The number of rotatable bonds is 7. The summed E-state index contributed by atoms with van der Waals surface area (Å²) >= 11 is 0. The molecular formula is C25H37F2N5O2. The smallest absolute Gasteiger partial charge is 0.280 e. The second kappa shape index (κ2) is 11.1. The molecule has 188 valence electrons. The number of aryl methyl sites for hydroxylation is 1. The van der Waals surface area contributed by atoms with Gasteiger partial charge in [0.05, 0.1) is 18.5 Å². The summed E-state index contributed by atoms with van der Waals surface area (Å²) < 4.78 is 30.9. The first-order valence-electron chi connectivity index (χ1n) is 11.0. The highest BCUT2D eigenvalue weighted by molar-refractivity contribution is 6.03. The van der Waals surface area contributed by atoms with E-state index in [0.717, 1.165) is 36.6 Å². The van der Waals surface area contributed by atoms with Crippen molar-refractivity contribution < 1.29 is 18.3 Å². The molecule has 1 atom stereocenters. The van der Waals surface area contributed by atoms with Gasteiger partial charge in [-0.1, -0.05) is 28.7 Å². The molecule has 4 rings (SSSR count). The van der Waals surface area contributed by atoms with Gasteiger partial charge in [-0.15, -0.1) is 0 Å². The molecule has 0 unspecified atom stereocenters. The molecule has 0 spiro atoms. The molecular weight excluding hydrogens is 440 g/mol. The fourth-order valence-electron chi connectivity index (χ4n) is 4.62. The van der Waals surface area contributed by atoms with Crippen molar-refractivity contribution in [3.05, 3.63) is 35.5 Å². The van der Waals surface area contributed by atoms with E-state index in [1.807, 2.05) is 32.7 Å². The van der Waals surface area contributed by atoms with Gasteiger partial charge in [-0.2, -0.15) is 0 Å². The molecule has 0 aromatic carbocycles. The number of carbonyl (C=O) groups is 1. The van der Waals surface area contributed by atoms with E-state index in [1.165, 1.54) is 18.3 Å². The molecule has 1 amide bonds. The number of amides is 1. The lowest BCUT2D eigenvalue weighted by Gasteiger charge is -2.38. The largest absolute Gasteiger partial charge is 0.492 e. The van der Waals surface area contributed by atoms with Crippen LogP contribution in [0.2, 0.25) is 0 Å². The molecule has 1 saturated carbocycles. The molecule has 2 aromatic heterocycles. The van der Waals surface area contributed by atoms with Crippen LogP contribution in [0.25, 0.3) is 0 Å². The van der Waals surface area contributed by atoms with Crippen LogP contribution in [0.3, 0.4) is 0 Å². The number of aromatic nitrogens is 3. The van der Waals surface area contributed by atoms with Crippen LogP contribution >= 0.6 is 0 Å². The van der Waals surface area contributed by atoms with E-state index in [0.29, 0.717) is 29.9 Å². The van der Waals surface area contributed by atoms with Crippen LogP contribution in [0.1, 0.15) is 65.2 Å². The van der Waals surface area contributed by atoms with Crippen molar-refractivity contribution in [1.29, 1.82) is 0 Å². The predicted molar refractivity (Wildman–Crippen MR) is 130 cm³/mol. The summed E-state index contributed by atoms with van der Waals surface area (Å²) in [4.78, 5) is 27.6. The fourth-order valence-corrected chi connectivity index (χ4v) is 4.62. The van der Waals surface area contributed by atoms with Gasteiger partial charge in [0.25, 0.3) is 6.43 Å². The summed E-state index contributed by atoms with van der Waals surface area (Å²) in [6, 6.07) is 2.58. The zero-order valence-electron chi connectivity index (χ0n) is 18.8. The molecule has 1 aliphatic heterocycles. The zero-order chi connectivity index (χ0) is 23.0. The van der Waals surface area contributed by atoms with Crippen molar-refractivity contribution in [2.24, 2.45) is 17.8 Å². The topological polar surface area (TPSA) is 80.2 Å². The molecule has 7 nitrogen and oxygen atoms in total. The van der Waals surface area contributed by atoms with E-state index >= 15 is 0 Å². The normalized spacial score (nSPS) is 21.2. The zero-order valence-corrected chi connectivity index (χ0v) is 18.8. The van der Waals surface area contributed by atoms with Crippen molar-refractivity contribution >= 4 is 17.4 Å². The minimum Gasteiger partial charge on any atom is -0.492 e. The number of likely N-dealkylation sites (N-methyl/N-ethyl adjacent to an activating group) is 1. The van der Waals surface area contributed by atoms with Gasteiger partial charge < -0.3 is 15.0 Å². The van der Waals surface area contributed by atoms with Gasteiger partial charge in [-0.3, -0.25) is 9.78 Å². The van der Waals surface area contributed by atoms with E-state index in [1.54, 1.807) is 0 Å². The molecule has 0 bridgehead atoms. The monoisotopic (exact) mass is 477 g/mol. The Bertz CT molecular complexity index is 978. The van der Waals surface area contributed by atoms with E-state index in [9.17, 15) is 13.6 Å². The molecule has 2 aliphatic rings. The maximum absolute atomic E-state index is 12.6.